The lowest BCUT2D eigenvalue weighted by Crippen LogP contribution is -2.12. The molecule has 2 rings (SSSR count). The first kappa shape index (κ1) is 10.9. The van der Waals surface area contributed by atoms with Crippen LogP contribution in [0.5, 0.6) is 11.6 Å². The van der Waals surface area contributed by atoms with Crippen LogP contribution in [0.3, 0.4) is 0 Å². The molecule has 6 nitrogen and oxygen atoms in total. The van der Waals surface area contributed by atoms with Crippen molar-refractivity contribution < 1.29 is 9.53 Å². The number of hydrogen-bond donors (Lipinski definition) is 2. The summed E-state index contributed by atoms with van der Waals surface area (Å²) in [5, 5.41) is 5.88. The standard InChI is InChI=1S/C11H9N3O3/c12-11(16)7-3-1-2-4-8(7)17-10-6-5-9(15)13-14-10/h1-6H,(H2,12,16)(H,13,15). The molecule has 0 unspecified atom stereocenters. The Kier molecular flexibility index (Phi) is 2.87. The van der Waals surface area contributed by atoms with Crippen LogP contribution in [0.15, 0.2) is 41.2 Å². The van der Waals surface area contributed by atoms with Gasteiger partial charge in [-0.15, -0.1) is 5.10 Å². The van der Waals surface area contributed by atoms with E-state index >= 15 is 0 Å². The number of amides is 1. The number of nitrogens with zero attached hydrogens (tertiary/aromatic N) is 1. The van der Waals surface area contributed by atoms with Crippen LogP contribution in [0.1, 0.15) is 10.4 Å². The number of nitrogens with one attached hydrogen (secondary N) is 1. The highest BCUT2D eigenvalue weighted by molar-refractivity contribution is 5.95. The second-order valence-corrected chi connectivity index (χ2v) is 3.22. The molecule has 2 aromatic rings. The smallest absolute Gasteiger partial charge is 0.264 e. The number of nitrogens with two attached hydrogens (primary N) is 1. The zero-order chi connectivity index (χ0) is 12.3. The SMILES string of the molecule is NC(=O)c1ccccc1Oc1ccc(=O)[nH]n1. The fraction of sp³-hybridized carbons (Fsp3) is 0. The van der Waals surface area contributed by atoms with Crippen LogP contribution in [0.25, 0.3) is 0 Å². The zero-order valence-corrected chi connectivity index (χ0v) is 8.71. The van der Waals surface area contributed by atoms with Crippen molar-refractivity contribution in [1.82, 2.24) is 10.2 Å². The van der Waals surface area contributed by atoms with Gasteiger partial charge in [-0.2, -0.15) is 0 Å². The van der Waals surface area contributed by atoms with Gasteiger partial charge in [0, 0.05) is 12.1 Å². The number of aromatic nitrogens is 2. The highest BCUT2D eigenvalue weighted by atomic mass is 16.5. The molecule has 3 N–H and O–H groups in total. The fourth-order valence-corrected chi connectivity index (χ4v) is 1.26. The van der Waals surface area contributed by atoms with Crippen LogP contribution in [0, 0.1) is 0 Å². The van der Waals surface area contributed by atoms with Crippen LogP contribution < -0.4 is 16.0 Å². The minimum absolute atomic E-state index is 0.179. The number of hydrogen-bond acceptors (Lipinski definition) is 4. The third kappa shape index (κ3) is 2.49. The molecule has 0 spiro atoms. The summed E-state index contributed by atoms with van der Waals surface area (Å²) in [6, 6.07) is 9.18. The normalized spacial score (nSPS) is 9.88. The van der Waals surface area contributed by atoms with Crippen LogP contribution >= 0.6 is 0 Å². The van der Waals surface area contributed by atoms with E-state index in [1.165, 1.54) is 12.1 Å². The summed E-state index contributed by atoms with van der Waals surface area (Å²) in [7, 11) is 0. The summed E-state index contributed by atoms with van der Waals surface area (Å²) in [6.07, 6.45) is 0. The Morgan fingerprint density at radius 3 is 2.65 bits per heavy atom. The van der Waals surface area contributed by atoms with E-state index < -0.39 is 5.91 Å². The summed E-state index contributed by atoms with van der Waals surface area (Å²) in [4.78, 5) is 21.9. The van der Waals surface area contributed by atoms with E-state index in [0.717, 1.165) is 0 Å². The lowest BCUT2D eigenvalue weighted by molar-refractivity contribution is 0.0998. The molecule has 1 amide bonds. The van der Waals surface area contributed by atoms with Crippen LogP contribution in [0.4, 0.5) is 0 Å². The molecule has 1 heterocycles. The van der Waals surface area contributed by atoms with Crippen molar-refractivity contribution >= 4 is 5.91 Å². The summed E-state index contributed by atoms with van der Waals surface area (Å²) < 4.78 is 5.34. The van der Waals surface area contributed by atoms with Crippen LogP contribution in [-0.4, -0.2) is 16.1 Å². The first-order chi connectivity index (χ1) is 8.16. The lowest BCUT2D eigenvalue weighted by atomic mass is 10.2. The highest BCUT2D eigenvalue weighted by Gasteiger charge is 2.09. The van der Waals surface area contributed by atoms with Gasteiger partial charge in [0.2, 0.25) is 5.88 Å². The van der Waals surface area contributed by atoms with Gasteiger partial charge >= 0.3 is 0 Å². The Bertz CT molecular complexity index is 586. The quantitative estimate of drug-likeness (QED) is 0.810. The van der Waals surface area contributed by atoms with Crippen LogP contribution in [0.2, 0.25) is 0 Å². The fourth-order valence-electron chi connectivity index (χ4n) is 1.26. The Labute approximate surface area is 96.0 Å². The monoisotopic (exact) mass is 231 g/mol. The van der Waals surface area contributed by atoms with Gasteiger partial charge in [0.25, 0.3) is 11.5 Å². The van der Waals surface area contributed by atoms with E-state index in [9.17, 15) is 9.59 Å². The van der Waals surface area contributed by atoms with Crippen molar-refractivity contribution in [1.29, 1.82) is 0 Å². The maximum atomic E-state index is 11.1. The second-order valence-electron chi connectivity index (χ2n) is 3.22. The van der Waals surface area contributed by atoms with Crippen molar-refractivity contribution in [2.45, 2.75) is 0 Å². The third-order valence-corrected chi connectivity index (χ3v) is 2.02. The molecule has 0 fully saturated rings. The van der Waals surface area contributed by atoms with E-state index in [4.69, 9.17) is 10.5 Å². The van der Waals surface area contributed by atoms with Crippen molar-refractivity contribution in [3.8, 4) is 11.6 Å². The molecule has 0 saturated carbocycles. The number of rotatable bonds is 3. The molecule has 0 aliphatic carbocycles. The molecule has 0 aliphatic heterocycles. The third-order valence-electron chi connectivity index (χ3n) is 2.02. The summed E-state index contributed by atoms with van der Waals surface area (Å²) in [6.45, 7) is 0. The summed E-state index contributed by atoms with van der Waals surface area (Å²) in [5.41, 5.74) is 5.11. The van der Waals surface area contributed by atoms with E-state index in [1.54, 1.807) is 24.3 Å². The molecule has 0 aliphatic rings. The predicted molar refractivity (Wildman–Crippen MR) is 59.9 cm³/mol. The molecule has 1 aromatic heterocycles. The number of primary amides is 1. The first-order valence-corrected chi connectivity index (χ1v) is 4.79. The maximum Gasteiger partial charge on any atom is 0.264 e. The minimum atomic E-state index is -0.593. The number of carbonyl (C=O) groups excluding carboxylic acids is 1. The Morgan fingerprint density at radius 2 is 2.00 bits per heavy atom. The van der Waals surface area contributed by atoms with E-state index in [2.05, 4.69) is 10.2 Å². The van der Waals surface area contributed by atoms with Gasteiger partial charge in [-0.05, 0) is 12.1 Å². The molecular weight excluding hydrogens is 222 g/mol. The molecule has 86 valence electrons. The molecule has 0 radical (unpaired) electrons. The lowest BCUT2D eigenvalue weighted by Gasteiger charge is -2.06. The molecular formula is C11H9N3O3. The van der Waals surface area contributed by atoms with Gasteiger partial charge in [0.05, 0.1) is 5.56 Å². The molecule has 0 saturated heterocycles. The van der Waals surface area contributed by atoms with Crippen molar-refractivity contribution in [3.05, 3.63) is 52.3 Å². The molecule has 17 heavy (non-hydrogen) atoms. The van der Waals surface area contributed by atoms with Gasteiger partial charge in [-0.25, -0.2) is 5.10 Å². The van der Waals surface area contributed by atoms with Crippen molar-refractivity contribution in [2.24, 2.45) is 5.73 Å². The Hall–Kier alpha value is -2.63. The number of aromatic amines is 1. The van der Waals surface area contributed by atoms with Crippen molar-refractivity contribution in [2.75, 3.05) is 0 Å². The summed E-state index contributed by atoms with van der Waals surface area (Å²) >= 11 is 0. The number of benzene rings is 1. The number of H-pyrrole nitrogens is 1. The minimum Gasteiger partial charge on any atom is -0.437 e. The first-order valence-electron chi connectivity index (χ1n) is 4.79. The second kappa shape index (κ2) is 4.48. The van der Waals surface area contributed by atoms with E-state index in [1.807, 2.05) is 0 Å². The van der Waals surface area contributed by atoms with Gasteiger partial charge in [-0.3, -0.25) is 9.59 Å². The molecule has 6 heteroatoms. The molecule has 1 aromatic carbocycles. The topological polar surface area (TPSA) is 98.1 Å². The zero-order valence-electron chi connectivity index (χ0n) is 8.71. The van der Waals surface area contributed by atoms with Crippen LogP contribution in [-0.2, 0) is 0 Å². The molecule has 0 bridgehead atoms. The van der Waals surface area contributed by atoms with Gasteiger partial charge in [0.1, 0.15) is 5.75 Å². The summed E-state index contributed by atoms with van der Waals surface area (Å²) in [5.74, 6) is -0.122. The highest BCUT2D eigenvalue weighted by Crippen LogP contribution is 2.22. The van der Waals surface area contributed by atoms with Gasteiger partial charge in [0.15, 0.2) is 0 Å². The molecule has 0 atom stereocenters. The average Bonchev–Trinajstić information content (AvgIpc) is 2.32. The van der Waals surface area contributed by atoms with E-state index in [0.29, 0.717) is 5.75 Å². The number of carbonyl (C=O) groups is 1. The van der Waals surface area contributed by atoms with E-state index in [-0.39, 0.29) is 17.0 Å². The maximum absolute atomic E-state index is 11.1. The number of para-hydroxylation sites is 1. The average molecular weight is 231 g/mol. The number of ether oxygens (including phenoxy) is 1. The Balaban J connectivity index is 2.33. The Morgan fingerprint density at radius 1 is 1.24 bits per heavy atom. The predicted octanol–water partition coefficient (Wildman–Crippen LogP) is 0.661. The van der Waals surface area contributed by atoms with Gasteiger partial charge in [-0.1, -0.05) is 12.1 Å². The van der Waals surface area contributed by atoms with Gasteiger partial charge < -0.3 is 10.5 Å². The van der Waals surface area contributed by atoms with Crippen molar-refractivity contribution in [3.63, 3.8) is 0 Å². The largest absolute Gasteiger partial charge is 0.437 e.